The fourth-order valence-electron chi connectivity index (χ4n) is 4.32. The van der Waals surface area contributed by atoms with Crippen LogP contribution >= 0.6 is 0 Å². The molecule has 1 aromatic heterocycles. The molecule has 1 fully saturated rings. The van der Waals surface area contributed by atoms with Crippen LogP contribution in [0.4, 0.5) is 10.1 Å². The number of nitrogens with zero attached hydrogens (tertiary/aromatic N) is 4. The van der Waals surface area contributed by atoms with E-state index >= 15 is 0 Å². The Balaban J connectivity index is 1.22. The Kier molecular flexibility index (Phi) is 5.77. The van der Waals surface area contributed by atoms with Gasteiger partial charge in [-0.25, -0.2) is 4.39 Å². The number of carbonyl (C=O) groups excluding carboxylic acids is 2. The minimum atomic E-state index is -0.366. The molecule has 1 saturated heterocycles. The summed E-state index contributed by atoms with van der Waals surface area (Å²) < 4.78 is 24.4. The zero-order chi connectivity index (χ0) is 22.8. The van der Waals surface area contributed by atoms with E-state index < -0.39 is 0 Å². The molecule has 170 valence electrons. The Morgan fingerprint density at radius 3 is 2.94 bits per heavy atom. The highest BCUT2D eigenvalue weighted by Crippen LogP contribution is 2.32. The van der Waals surface area contributed by atoms with Crippen LogP contribution in [0, 0.1) is 5.82 Å². The summed E-state index contributed by atoms with van der Waals surface area (Å²) in [6.45, 7) is 1.39. The summed E-state index contributed by atoms with van der Waals surface area (Å²) >= 11 is 0. The molecule has 2 aliphatic rings. The second-order valence-electron chi connectivity index (χ2n) is 8.20. The first-order chi connectivity index (χ1) is 16.1. The predicted octanol–water partition coefficient (Wildman–Crippen LogP) is 3.40. The van der Waals surface area contributed by atoms with E-state index in [-0.39, 0.29) is 36.6 Å². The second kappa shape index (κ2) is 9.01. The van der Waals surface area contributed by atoms with E-state index in [1.165, 1.54) is 12.1 Å². The van der Waals surface area contributed by atoms with Crippen LogP contribution in [0.2, 0.25) is 0 Å². The van der Waals surface area contributed by atoms with Gasteiger partial charge in [-0.2, -0.15) is 4.98 Å². The Bertz CT molecular complexity index is 1180. The number of halogens is 1. The van der Waals surface area contributed by atoms with E-state index in [9.17, 15) is 14.0 Å². The SMILES string of the molecule is O=C(CCN1C(=O)COc2ccccc21)N1CCCC(c2nc(-c3cccc(F)c3)no2)C1. The molecule has 5 rings (SSSR count). The number of likely N-dealkylation sites (tertiary alicyclic amines) is 1. The van der Waals surface area contributed by atoms with Gasteiger partial charge >= 0.3 is 0 Å². The van der Waals surface area contributed by atoms with E-state index in [2.05, 4.69) is 10.1 Å². The standard InChI is InChI=1S/C24H23FN4O4/c25-18-7-3-5-16(13-18)23-26-24(33-27-23)17-6-4-11-28(14-17)21(30)10-12-29-19-8-1-2-9-20(19)32-15-22(29)31/h1-3,5,7-9,13,17H,4,6,10-12,14-15H2. The van der Waals surface area contributed by atoms with Crippen molar-refractivity contribution in [3.05, 3.63) is 60.2 Å². The number of para-hydroxylation sites is 2. The monoisotopic (exact) mass is 450 g/mol. The van der Waals surface area contributed by atoms with Crippen LogP contribution in [0.1, 0.15) is 31.1 Å². The molecule has 3 aromatic rings. The molecular formula is C24H23FN4O4. The molecule has 0 spiro atoms. The van der Waals surface area contributed by atoms with Crippen LogP contribution in [0.15, 0.2) is 53.1 Å². The highest BCUT2D eigenvalue weighted by atomic mass is 19.1. The third-order valence-electron chi connectivity index (χ3n) is 6.01. The van der Waals surface area contributed by atoms with Crippen LogP contribution in [-0.4, -0.2) is 53.1 Å². The number of fused-ring (bicyclic) bond motifs is 1. The summed E-state index contributed by atoms with van der Waals surface area (Å²) in [5, 5.41) is 3.99. The third-order valence-corrected chi connectivity index (χ3v) is 6.01. The molecule has 0 radical (unpaired) electrons. The summed E-state index contributed by atoms with van der Waals surface area (Å²) in [7, 11) is 0. The van der Waals surface area contributed by atoms with Gasteiger partial charge in [0.1, 0.15) is 11.6 Å². The molecule has 0 aliphatic carbocycles. The third kappa shape index (κ3) is 4.44. The van der Waals surface area contributed by atoms with Crippen LogP contribution in [0.3, 0.4) is 0 Å². The number of hydrogen-bond acceptors (Lipinski definition) is 6. The van der Waals surface area contributed by atoms with Crippen molar-refractivity contribution in [3.63, 3.8) is 0 Å². The smallest absolute Gasteiger partial charge is 0.265 e. The summed E-state index contributed by atoms with van der Waals surface area (Å²) in [5.41, 5.74) is 1.23. The largest absolute Gasteiger partial charge is 0.482 e. The van der Waals surface area contributed by atoms with Crippen molar-refractivity contribution in [3.8, 4) is 17.1 Å². The van der Waals surface area contributed by atoms with E-state index in [1.807, 2.05) is 24.3 Å². The number of aromatic nitrogens is 2. The maximum absolute atomic E-state index is 13.5. The average molecular weight is 450 g/mol. The highest BCUT2D eigenvalue weighted by molar-refractivity contribution is 5.98. The van der Waals surface area contributed by atoms with Crippen molar-refractivity contribution in [2.45, 2.75) is 25.2 Å². The number of hydrogen-bond donors (Lipinski definition) is 0. The Hall–Kier alpha value is -3.75. The second-order valence-corrected chi connectivity index (χ2v) is 8.20. The lowest BCUT2D eigenvalue weighted by atomic mass is 9.97. The van der Waals surface area contributed by atoms with Crippen LogP contribution in [-0.2, 0) is 9.59 Å². The first-order valence-electron chi connectivity index (χ1n) is 11.0. The minimum absolute atomic E-state index is 0.0260. The average Bonchev–Trinajstić information content (AvgIpc) is 3.34. The lowest BCUT2D eigenvalue weighted by Crippen LogP contribution is -2.43. The normalized spacial score (nSPS) is 18.1. The van der Waals surface area contributed by atoms with E-state index in [1.54, 1.807) is 21.9 Å². The molecule has 1 unspecified atom stereocenters. The predicted molar refractivity (Wildman–Crippen MR) is 117 cm³/mol. The zero-order valence-corrected chi connectivity index (χ0v) is 17.9. The van der Waals surface area contributed by atoms with Crippen molar-refractivity contribution in [1.29, 1.82) is 0 Å². The first-order valence-corrected chi connectivity index (χ1v) is 11.0. The van der Waals surface area contributed by atoms with Crippen molar-refractivity contribution < 1.29 is 23.2 Å². The van der Waals surface area contributed by atoms with Crippen molar-refractivity contribution in [1.82, 2.24) is 15.0 Å². The molecule has 0 N–H and O–H groups in total. The number of carbonyl (C=O) groups is 2. The topological polar surface area (TPSA) is 88.8 Å². The number of piperidine rings is 1. The number of anilines is 1. The molecule has 2 amide bonds. The van der Waals surface area contributed by atoms with Gasteiger partial charge in [0.2, 0.25) is 17.6 Å². The van der Waals surface area contributed by atoms with Gasteiger partial charge in [-0.3, -0.25) is 9.59 Å². The molecule has 1 atom stereocenters. The van der Waals surface area contributed by atoms with Gasteiger partial charge in [0.05, 0.1) is 11.6 Å². The lowest BCUT2D eigenvalue weighted by Gasteiger charge is -2.33. The van der Waals surface area contributed by atoms with Gasteiger partial charge in [-0.15, -0.1) is 0 Å². The number of amides is 2. The Morgan fingerprint density at radius 1 is 1.18 bits per heavy atom. The van der Waals surface area contributed by atoms with Crippen molar-refractivity contribution in [2.75, 3.05) is 31.1 Å². The molecule has 8 nitrogen and oxygen atoms in total. The summed E-state index contributed by atoms with van der Waals surface area (Å²) in [6.07, 6.45) is 1.85. The van der Waals surface area contributed by atoms with E-state index in [4.69, 9.17) is 9.26 Å². The summed E-state index contributed by atoms with van der Waals surface area (Å²) in [6, 6.07) is 13.4. The van der Waals surface area contributed by atoms with Gasteiger partial charge in [0, 0.05) is 31.6 Å². The summed E-state index contributed by atoms with van der Waals surface area (Å²) in [4.78, 5) is 33.1. The summed E-state index contributed by atoms with van der Waals surface area (Å²) in [5.74, 6) is 0.794. The molecule has 0 saturated carbocycles. The molecule has 9 heteroatoms. The molecule has 2 aromatic carbocycles. The maximum Gasteiger partial charge on any atom is 0.265 e. The molecule has 0 bridgehead atoms. The van der Waals surface area contributed by atoms with Gasteiger partial charge in [0.25, 0.3) is 5.91 Å². The Morgan fingerprint density at radius 2 is 2.06 bits per heavy atom. The van der Waals surface area contributed by atoms with Gasteiger partial charge < -0.3 is 19.1 Å². The van der Waals surface area contributed by atoms with Crippen LogP contribution in [0.5, 0.6) is 5.75 Å². The number of ether oxygens (including phenoxy) is 1. The number of benzene rings is 2. The molecule has 3 heterocycles. The van der Waals surface area contributed by atoms with Gasteiger partial charge in [-0.1, -0.05) is 29.4 Å². The zero-order valence-electron chi connectivity index (χ0n) is 17.9. The highest BCUT2D eigenvalue weighted by Gasteiger charge is 2.30. The molecule has 33 heavy (non-hydrogen) atoms. The van der Waals surface area contributed by atoms with Crippen molar-refractivity contribution >= 4 is 17.5 Å². The molecular weight excluding hydrogens is 427 g/mol. The minimum Gasteiger partial charge on any atom is -0.482 e. The van der Waals surface area contributed by atoms with Crippen molar-refractivity contribution in [2.24, 2.45) is 0 Å². The lowest BCUT2D eigenvalue weighted by molar-refractivity contribution is -0.132. The maximum atomic E-state index is 13.5. The molecule has 2 aliphatic heterocycles. The van der Waals surface area contributed by atoms with Gasteiger partial charge in [0.15, 0.2) is 6.61 Å². The fourth-order valence-corrected chi connectivity index (χ4v) is 4.32. The van der Waals surface area contributed by atoms with E-state index in [0.717, 1.165) is 12.8 Å². The van der Waals surface area contributed by atoms with Crippen LogP contribution < -0.4 is 9.64 Å². The van der Waals surface area contributed by atoms with E-state index in [0.29, 0.717) is 48.3 Å². The van der Waals surface area contributed by atoms with Crippen LogP contribution in [0.25, 0.3) is 11.4 Å². The number of rotatable bonds is 5. The first kappa shape index (κ1) is 21.1. The quantitative estimate of drug-likeness (QED) is 0.592. The fraction of sp³-hybridized carbons (Fsp3) is 0.333. The van der Waals surface area contributed by atoms with Gasteiger partial charge in [-0.05, 0) is 37.1 Å². The Labute approximate surface area is 189 Å².